The van der Waals surface area contributed by atoms with Gasteiger partial charge in [-0.05, 0) is 138 Å². The van der Waals surface area contributed by atoms with E-state index in [0.29, 0.717) is 5.92 Å². The Morgan fingerprint density at radius 2 is 0.857 bits per heavy atom. The van der Waals surface area contributed by atoms with Gasteiger partial charge in [0.25, 0.3) is 0 Å². The quantitative estimate of drug-likeness (QED) is 0.454. The van der Waals surface area contributed by atoms with Gasteiger partial charge >= 0.3 is 0 Å². The summed E-state index contributed by atoms with van der Waals surface area (Å²) in [7, 11) is 12.9. The average Bonchev–Trinajstić information content (AvgIpc) is 3.54. The van der Waals surface area contributed by atoms with E-state index in [1.54, 1.807) is 0 Å². The third-order valence-corrected chi connectivity index (χ3v) is 9.15. The Bertz CT molecular complexity index is 555. The van der Waals surface area contributed by atoms with E-state index in [9.17, 15) is 0 Å². The lowest BCUT2D eigenvalue weighted by Crippen LogP contribution is -2.41. The van der Waals surface area contributed by atoms with Crippen LogP contribution in [-0.4, -0.2) is 175 Å². The van der Waals surface area contributed by atoms with Gasteiger partial charge in [-0.2, -0.15) is 0 Å². The molecule has 0 saturated carbocycles. The Balaban J connectivity index is 0.000000253. The normalized spacial score (nSPS) is 28.7. The van der Waals surface area contributed by atoms with Gasteiger partial charge in [-0.1, -0.05) is 27.2 Å². The molecule has 6 aliphatic rings. The topological polar surface area (TPSA) is 48.9 Å². The molecule has 0 aromatic rings. The van der Waals surface area contributed by atoms with Gasteiger partial charge in [0.2, 0.25) is 0 Å². The smallest absolute Gasteiger partial charge is 0.0704 e. The first-order valence-corrected chi connectivity index (χ1v) is 17.3. The molecule has 6 aliphatic heterocycles. The number of morpholine rings is 1. The van der Waals surface area contributed by atoms with Crippen LogP contribution in [0.15, 0.2) is 0 Å². The standard InChI is InChI=1S/C7H15N.C6H13NO.C6H13N.C5H11NO.2C5H11N/c1-7-3-5-8(2)6-4-7;1-5-3-7(2)4-6(5)8;1-7-5-3-2-4-6-7;1-6-2-4-7-5-3-6;1-5-3-6(2)4-5;1-6-4-2-3-5-6/h7H,3-6H2,1-2H3;5-6,8H,3-4H2,1-2H3;2-6H2,1H3;2-5H2,1H3;5H,3-4H2,1-2H3;2-5H2,1H3. The van der Waals surface area contributed by atoms with Gasteiger partial charge in [-0.25, -0.2) is 0 Å². The molecule has 6 heterocycles. The van der Waals surface area contributed by atoms with Crippen molar-refractivity contribution in [1.82, 2.24) is 29.4 Å². The van der Waals surface area contributed by atoms with Crippen molar-refractivity contribution in [2.45, 2.75) is 71.8 Å². The highest BCUT2D eigenvalue weighted by Crippen LogP contribution is 2.14. The summed E-state index contributed by atoms with van der Waals surface area (Å²) >= 11 is 0. The third-order valence-electron chi connectivity index (χ3n) is 9.15. The maximum atomic E-state index is 9.13. The molecule has 8 nitrogen and oxygen atoms in total. The zero-order chi connectivity index (χ0) is 31.3. The lowest BCUT2D eigenvalue weighted by Gasteiger charge is -2.33. The lowest BCUT2D eigenvalue weighted by molar-refractivity contribution is 0.0503. The predicted octanol–water partition coefficient (Wildman–Crippen LogP) is 3.61. The van der Waals surface area contributed by atoms with E-state index in [1.165, 1.54) is 97.3 Å². The number of piperidine rings is 2. The maximum Gasteiger partial charge on any atom is 0.0704 e. The summed E-state index contributed by atoms with van der Waals surface area (Å²) in [4.78, 5) is 13.9. The number of rotatable bonds is 0. The lowest BCUT2D eigenvalue weighted by atomic mass is 10.00. The fourth-order valence-electron chi connectivity index (χ4n) is 5.92. The zero-order valence-electron chi connectivity index (χ0n) is 29.7. The maximum absolute atomic E-state index is 9.13. The average molecular weight is 599 g/mol. The number of β-amino-alcohol motifs (C(OH)–C–C–N with tert-alkyl or cyclic N) is 1. The van der Waals surface area contributed by atoms with Crippen LogP contribution in [0.2, 0.25) is 0 Å². The van der Waals surface area contributed by atoms with Crippen LogP contribution in [0.25, 0.3) is 0 Å². The fraction of sp³-hybridized carbons (Fsp3) is 1.00. The van der Waals surface area contributed by atoms with E-state index in [-0.39, 0.29) is 6.10 Å². The van der Waals surface area contributed by atoms with Gasteiger partial charge in [0, 0.05) is 39.3 Å². The third kappa shape index (κ3) is 21.4. The molecule has 42 heavy (non-hydrogen) atoms. The highest BCUT2D eigenvalue weighted by atomic mass is 16.5. The minimum Gasteiger partial charge on any atom is -0.391 e. The van der Waals surface area contributed by atoms with Gasteiger partial charge in [-0.3, -0.25) is 0 Å². The number of nitrogens with zero attached hydrogens (tertiary/aromatic N) is 6. The van der Waals surface area contributed by atoms with E-state index in [4.69, 9.17) is 9.84 Å². The van der Waals surface area contributed by atoms with Crippen molar-refractivity contribution >= 4 is 0 Å². The first-order chi connectivity index (χ1) is 20.0. The summed E-state index contributed by atoms with van der Waals surface area (Å²) in [5.74, 6) is 2.42. The second-order valence-electron chi connectivity index (χ2n) is 14.4. The van der Waals surface area contributed by atoms with Crippen LogP contribution in [0.4, 0.5) is 0 Å². The number of ether oxygens (including phenoxy) is 1. The molecule has 252 valence electrons. The summed E-state index contributed by atoms with van der Waals surface area (Å²) in [6, 6.07) is 0. The van der Waals surface area contributed by atoms with Crippen LogP contribution in [0, 0.1) is 17.8 Å². The number of hydrogen-bond donors (Lipinski definition) is 1. The van der Waals surface area contributed by atoms with Gasteiger partial charge in [0.15, 0.2) is 0 Å². The second-order valence-corrected chi connectivity index (χ2v) is 14.4. The molecule has 6 rings (SSSR count). The minimum absolute atomic E-state index is 0.0833. The molecule has 2 atom stereocenters. The Kier molecular flexibility index (Phi) is 22.7. The molecule has 1 N–H and O–H groups in total. The van der Waals surface area contributed by atoms with E-state index < -0.39 is 0 Å². The Labute approximate surface area is 262 Å². The van der Waals surface area contributed by atoms with Crippen molar-refractivity contribution < 1.29 is 9.84 Å². The molecule has 0 spiro atoms. The monoisotopic (exact) mass is 599 g/mol. The number of likely N-dealkylation sites (tertiary alicyclic amines) is 5. The molecule has 6 saturated heterocycles. The molecular formula is C34H74N6O2. The van der Waals surface area contributed by atoms with Crippen molar-refractivity contribution in [2.24, 2.45) is 17.8 Å². The number of aliphatic hydroxyl groups is 1. The summed E-state index contributed by atoms with van der Waals surface area (Å²) in [5, 5.41) is 9.13. The van der Waals surface area contributed by atoms with E-state index in [2.05, 4.69) is 85.4 Å². The molecule has 0 bridgehead atoms. The van der Waals surface area contributed by atoms with Gasteiger partial charge in [0.1, 0.15) is 0 Å². The zero-order valence-corrected chi connectivity index (χ0v) is 29.7. The Morgan fingerprint density at radius 1 is 0.452 bits per heavy atom. The largest absolute Gasteiger partial charge is 0.391 e. The molecule has 0 amide bonds. The Hall–Kier alpha value is -0.320. The molecule has 6 fully saturated rings. The summed E-state index contributed by atoms with van der Waals surface area (Å²) < 4.78 is 5.10. The van der Waals surface area contributed by atoms with Crippen LogP contribution >= 0.6 is 0 Å². The molecular weight excluding hydrogens is 524 g/mol. The van der Waals surface area contributed by atoms with Crippen LogP contribution in [0.3, 0.4) is 0 Å². The van der Waals surface area contributed by atoms with Gasteiger partial charge < -0.3 is 39.2 Å². The second kappa shape index (κ2) is 24.0. The molecule has 0 aromatic carbocycles. The number of hydrogen-bond acceptors (Lipinski definition) is 8. The summed E-state index contributed by atoms with van der Waals surface area (Å²) in [6.07, 6.45) is 9.82. The fourth-order valence-corrected chi connectivity index (χ4v) is 5.92. The van der Waals surface area contributed by atoms with Crippen molar-refractivity contribution in [2.75, 3.05) is 134 Å². The summed E-state index contributed by atoms with van der Waals surface area (Å²) in [6.45, 7) is 23.1. The predicted molar refractivity (Wildman–Crippen MR) is 182 cm³/mol. The van der Waals surface area contributed by atoms with E-state index in [0.717, 1.165) is 51.2 Å². The van der Waals surface area contributed by atoms with Crippen LogP contribution in [-0.2, 0) is 4.74 Å². The number of aliphatic hydroxyl groups excluding tert-OH is 1. The van der Waals surface area contributed by atoms with Crippen molar-refractivity contribution in [3.63, 3.8) is 0 Å². The summed E-state index contributed by atoms with van der Waals surface area (Å²) in [5.41, 5.74) is 0. The minimum atomic E-state index is -0.0833. The van der Waals surface area contributed by atoms with Crippen LogP contribution in [0.1, 0.15) is 65.7 Å². The van der Waals surface area contributed by atoms with Crippen molar-refractivity contribution in [3.8, 4) is 0 Å². The van der Waals surface area contributed by atoms with Crippen molar-refractivity contribution in [1.29, 1.82) is 0 Å². The molecule has 0 radical (unpaired) electrons. The van der Waals surface area contributed by atoms with Crippen molar-refractivity contribution in [3.05, 3.63) is 0 Å². The van der Waals surface area contributed by atoms with E-state index in [1.807, 2.05) is 7.05 Å². The SMILES string of the molecule is CC1CCN(C)CC1.CC1CN(C)C1.CC1CN(C)CC1O.CN1CCCC1.CN1CCCCC1.CN1CCOCC1. The molecule has 8 heteroatoms. The molecule has 0 aromatic heterocycles. The van der Waals surface area contributed by atoms with Gasteiger partial charge in [-0.15, -0.1) is 0 Å². The van der Waals surface area contributed by atoms with Crippen LogP contribution < -0.4 is 0 Å². The first-order valence-electron chi connectivity index (χ1n) is 17.3. The number of likely N-dealkylation sites (N-methyl/N-ethyl adjacent to an activating group) is 2. The first kappa shape index (κ1) is 39.7. The molecule has 2 unspecified atom stereocenters. The highest BCUT2D eigenvalue weighted by molar-refractivity contribution is 4.77. The van der Waals surface area contributed by atoms with Gasteiger partial charge in [0.05, 0.1) is 19.3 Å². The Morgan fingerprint density at radius 3 is 1.05 bits per heavy atom. The molecule has 0 aliphatic carbocycles. The van der Waals surface area contributed by atoms with E-state index >= 15 is 0 Å². The highest BCUT2D eigenvalue weighted by Gasteiger charge is 2.24. The van der Waals surface area contributed by atoms with Crippen LogP contribution in [0.5, 0.6) is 0 Å².